The summed E-state index contributed by atoms with van der Waals surface area (Å²) in [6, 6.07) is 8.23. The molecule has 0 spiro atoms. The van der Waals surface area contributed by atoms with Crippen LogP contribution in [0, 0.1) is 0 Å². The second kappa shape index (κ2) is 4.45. The summed E-state index contributed by atoms with van der Waals surface area (Å²) in [4.78, 5) is 25.3. The van der Waals surface area contributed by atoms with E-state index in [1.807, 2.05) is 0 Å². The van der Waals surface area contributed by atoms with Crippen LogP contribution in [-0.4, -0.2) is 18.7 Å². The van der Waals surface area contributed by atoms with Crippen molar-refractivity contribution in [1.29, 1.82) is 0 Å². The number of carbonyl (C=O) groups is 2. The lowest BCUT2D eigenvalue weighted by molar-refractivity contribution is 0.0976. The Morgan fingerprint density at radius 1 is 1.00 bits per heavy atom. The minimum Gasteiger partial charge on any atom is -0.496 e. The van der Waals surface area contributed by atoms with Crippen molar-refractivity contribution in [2.24, 2.45) is 0 Å². The maximum absolute atomic E-state index is 12.7. The molecule has 0 saturated heterocycles. The number of fused-ring (bicyclic) bond motifs is 2. The third-order valence-electron chi connectivity index (χ3n) is 3.36. The fraction of sp³-hybridized carbons (Fsp3) is 0.0667. The molecule has 0 fully saturated rings. The number of anilines is 1. The number of hydrogen-bond donors (Lipinski definition) is 1. The first-order valence-corrected chi connectivity index (χ1v) is 6.70. The first-order chi connectivity index (χ1) is 9.56. The van der Waals surface area contributed by atoms with Gasteiger partial charge in [0.25, 0.3) is 0 Å². The zero-order valence-electron chi connectivity index (χ0n) is 10.6. The number of ketones is 2. The molecule has 1 aliphatic carbocycles. The third kappa shape index (κ3) is 1.59. The summed E-state index contributed by atoms with van der Waals surface area (Å²) in [5.41, 5.74) is 7.32. The van der Waals surface area contributed by atoms with E-state index in [9.17, 15) is 9.59 Å². The van der Waals surface area contributed by atoms with Gasteiger partial charge in [0.15, 0.2) is 11.6 Å². The zero-order valence-corrected chi connectivity index (χ0v) is 12.2. The average Bonchev–Trinajstić information content (AvgIpc) is 2.44. The van der Waals surface area contributed by atoms with Crippen molar-refractivity contribution < 1.29 is 14.3 Å². The summed E-state index contributed by atoms with van der Waals surface area (Å²) < 4.78 is 5.78. The molecule has 5 heteroatoms. The maximum Gasteiger partial charge on any atom is 0.200 e. The predicted molar refractivity (Wildman–Crippen MR) is 78.4 cm³/mol. The van der Waals surface area contributed by atoms with Gasteiger partial charge in [0.2, 0.25) is 0 Å². The van der Waals surface area contributed by atoms with Gasteiger partial charge in [-0.15, -0.1) is 0 Å². The molecular weight excluding hydrogens is 322 g/mol. The number of rotatable bonds is 1. The van der Waals surface area contributed by atoms with E-state index in [1.54, 1.807) is 30.3 Å². The van der Waals surface area contributed by atoms with E-state index in [-0.39, 0.29) is 22.7 Å². The second-order valence-corrected chi connectivity index (χ2v) is 5.28. The molecule has 0 aliphatic heterocycles. The van der Waals surface area contributed by atoms with E-state index in [0.29, 0.717) is 27.0 Å². The van der Waals surface area contributed by atoms with Crippen LogP contribution in [-0.2, 0) is 0 Å². The smallest absolute Gasteiger partial charge is 0.200 e. The van der Waals surface area contributed by atoms with Crippen LogP contribution >= 0.6 is 15.9 Å². The molecule has 3 rings (SSSR count). The topological polar surface area (TPSA) is 69.4 Å². The van der Waals surface area contributed by atoms with Gasteiger partial charge >= 0.3 is 0 Å². The van der Waals surface area contributed by atoms with Gasteiger partial charge in [-0.25, -0.2) is 0 Å². The molecule has 2 aromatic rings. The van der Waals surface area contributed by atoms with Crippen molar-refractivity contribution in [1.82, 2.24) is 0 Å². The monoisotopic (exact) mass is 331 g/mol. The van der Waals surface area contributed by atoms with Gasteiger partial charge < -0.3 is 10.5 Å². The Morgan fingerprint density at radius 3 is 2.45 bits per heavy atom. The summed E-state index contributed by atoms with van der Waals surface area (Å²) in [7, 11) is 1.46. The molecule has 2 N–H and O–H groups in total. The zero-order chi connectivity index (χ0) is 14.4. The molecule has 4 nitrogen and oxygen atoms in total. The number of nitrogen functional groups attached to an aromatic ring is 1. The summed E-state index contributed by atoms with van der Waals surface area (Å²) >= 11 is 3.32. The maximum atomic E-state index is 12.7. The lowest BCUT2D eigenvalue weighted by Gasteiger charge is -2.21. The van der Waals surface area contributed by atoms with Crippen LogP contribution in [0.3, 0.4) is 0 Å². The molecular formula is C15H10BrNO3. The Hall–Kier alpha value is -2.14. The van der Waals surface area contributed by atoms with E-state index in [1.165, 1.54) is 7.11 Å². The first-order valence-electron chi connectivity index (χ1n) is 5.90. The molecule has 20 heavy (non-hydrogen) atoms. The van der Waals surface area contributed by atoms with Crippen molar-refractivity contribution in [3.63, 3.8) is 0 Å². The minimum atomic E-state index is -0.286. The van der Waals surface area contributed by atoms with E-state index >= 15 is 0 Å². The Labute approximate surface area is 123 Å². The van der Waals surface area contributed by atoms with Gasteiger partial charge in [-0.05, 0) is 18.2 Å². The van der Waals surface area contributed by atoms with Gasteiger partial charge in [0.05, 0.1) is 23.8 Å². The van der Waals surface area contributed by atoms with Crippen molar-refractivity contribution in [2.45, 2.75) is 0 Å². The highest BCUT2D eigenvalue weighted by Crippen LogP contribution is 2.38. The average molecular weight is 332 g/mol. The van der Waals surface area contributed by atoms with Crippen LogP contribution in [0.1, 0.15) is 31.8 Å². The van der Waals surface area contributed by atoms with E-state index in [4.69, 9.17) is 10.5 Å². The van der Waals surface area contributed by atoms with Gasteiger partial charge in [-0.3, -0.25) is 9.59 Å². The van der Waals surface area contributed by atoms with Crippen LogP contribution in [0.4, 0.5) is 5.69 Å². The van der Waals surface area contributed by atoms with Crippen LogP contribution in [0.5, 0.6) is 5.75 Å². The number of carbonyl (C=O) groups excluding carboxylic acids is 2. The highest BCUT2D eigenvalue weighted by atomic mass is 79.9. The number of benzene rings is 2. The van der Waals surface area contributed by atoms with E-state index in [0.717, 1.165) is 0 Å². The fourth-order valence-corrected chi connectivity index (χ4v) is 2.96. The molecule has 0 radical (unpaired) electrons. The van der Waals surface area contributed by atoms with Gasteiger partial charge in [-0.2, -0.15) is 0 Å². The molecule has 0 amide bonds. The van der Waals surface area contributed by atoms with Gasteiger partial charge in [0, 0.05) is 15.7 Å². The fourth-order valence-electron chi connectivity index (χ4n) is 2.45. The molecule has 0 aromatic heterocycles. The SMILES string of the molecule is COc1ccc(Br)c2c1C(=O)c1c(N)cccc1C2=O. The summed E-state index contributed by atoms with van der Waals surface area (Å²) in [5, 5.41) is 0. The molecule has 100 valence electrons. The van der Waals surface area contributed by atoms with Crippen LogP contribution < -0.4 is 10.5 Å². The highest BCUT2D eigenvalue weighted by Gasteiger charge is 2.35. The Balaban J connectivity index is 2.41. The van der Waals surface area contributed by atoms with E-state index in [2.05, 4.69) is 15.9 Å². The van der Waals surface area contributed by atoms with Gasteiger partial charge in [-0.1, -0.05) is 28.1 Å². The molecule has 0 heterocycles. The lowest BCUT2D eigenvalue weighted by Crippen LogP contribution is -2.23. The van der Waals surface area contributed by atoms with Crippen LogP contribution in [0.15, 0.2) is 34.8 Å². The second-order valence-electron chi connectivity index (χ2n) is 4.43. The molecule has 1 aliphatic rings. The number of halogens is 1. The Kier molecular flexibility index (Phi) is 2.87. The molecule has 0 bridgehead atoms. The predicted octanol–water partition coefficient (Wildman–Crippen LogP) is 2.82. The largest absolute Gasteiger partial charge is 0.496 e. The number of ether oxygens (including phenoxy) is 1. The lowest BCUT2D eigenvalue weighted by atomic mass is 9.83. The van der Waals surface area contributed by atoms with Crippen LogP contribution in [0.2, 0.25) is 0 Å². The minimum absolute atomic E-state index is 0.229. The quantitative estimate of drug-likeness (QED) is 0.696. The highest BCUT2D eigenvalue weighted by molar-refractivity contribution is 9.10. The number of methoxy groups -OCH3 is 1. The Morgan fingerprint density at radius 2 is 1.75 bits per heavy atom. The molecule has 2 aromatic carbocycles. The van der Waals surface area contributed by atoms with Crippen LogP contribution in [0.25, 0.3) is 0 Å². The summed E-state index contributed by atoms with van der Waals surface area (Å²) in [6.45, 7) is 0. The first kappa shape index (κ1) is 12.9. The van der Waals surface area contributed by atoms with Crippen molar-refractivity contribution in [3.8, 4) is 5.75 Å². The summed E-state index contributed by atoms with van der Waals surface area (Å²) in [6.07, 6.45) is 0. The number of hydrogen-bond acceptors (Lipinski definition) is 4. The van der Waals surface area contributed by atoms with Gasteiger partial charge in [0.1, 0.15) is 5.75 Å². The van der Waals surface area contributed by atoms with E-state index < -0.39 is 0 Å². The molecule has 0 atom stereocenters. The van der Waals surface area contributed by atoms with Crippen molar-refractivity contribution in [3.05, 3.63) is 57.1 Å². The third-order valence-corrected chi connectivity index (χ3v) is 4.02. The molecule has 0 unspecified atom stereocenters. The van der Waals surface area contributed by atoms with Crippen molar-refractivity contribution >= 4 is 33.2 Å². The standard InChI is InChI=1S/C15H10BrNO3/c1-20-10-6-5-8(16)12-13(10)15(19)11-7(14(12)18)3-2-4-9(11)17/h2-6H,17H2,1H3. The summed E-state index contributed by atoms with van der Waals surface area (Å²) in [5.74, 6) is -0.144. The number of nitrogens with two attached hydrogens (primary N) is 1. The Bertz CT molecular complexity index is 768. The molecule has 0 saturated carbocycles. The normalized spacial score (nSPS) is 12.9. The van der Waals surface area contributed by atoms with Crippen molar-refractivity contribution in [2.75, 3.05) is 12.8 Å².